The van der Waals surface area contributed by atoms with E-state index >= 15 is 0 Å². The molecule has 5 heteroatoms. The molecular weight excluding hydrogens is 364 g/mol. The second-order valence-corrected chi connectivity index (χ2v) is 6.73. The van der Waals surface area contributed by atoms with Crippen LogP contribution in [0.1, 0.15) is 5.56 Å². The fraction of sp³-hybridized carbons (Fsp3) is 0.208. The third-order valence-electron chi connectivity index (χ3n) is 5.04. The van der Waals surface area contributed by atoms with Crippen LogP contribution < -0.4 is 14.2 Å². The third-order valence-corrected chi connectivity index (χ3v) is 5.04. The second kappa shape index (κ2) is 8.27. The van der Waals surface area contributed by atoms with Gasteiger partial charge in [-0.15, -0.1) is 0 Å². The quantitative estimate of drug-likeness (QED) is 0.448. The van der Waals surface area contributed by atoms with Gasteiger partial charge in [-0.25, -0.2) is 4.98 Å². The highest BCUT2D eigenvalue weighted by molar-refractivity contribution is 5.81. The zero-order valence-electron chi connectivity index (χ0n) is 16.9. The molecule has 0 saturated carbocycles. The summed E-state index contributed by atoms with van der Waals surface area (Å²) in [5.74, 6) is 2.68. The lowest BCUT2D eigenvalue weighted by Gasteiger charge is -2.15. The molecule has 148 valence electrons. The van der Waals surface area contributed by atoms with Gasteiger partial charge in [0.15, 0.2) is 11.5 Å². The molecule has 4 rings (SSSR count). The van der Waals surface area contributed by atoms with Gasteiger partial charge in [-0.2, -0.15) is 0 Å². The largest absolute Gasteiger partial charge is 0.493 e. The number of methoxy groups -OCH3 is 3. The van der Waals surface area contributed by atoms with Gasteiger partial charge in [-0.05, 0) is 36.2 Å². The molecule has 0 radical (unpaired) electrons. The van der Waals surface area contributed by atoms with Crippen LogP contribution in [0.4, 0.5) is 0 Å². The molecular formula is C24H24N2O3. The molecule has 0 aliphatic heterocycles. The highest BCUT2D eigenvalue weighted by atomic mass is 16.5. The summed E-state index contributed by atoms with van der Waals surface area (Å²) < 4.78 is 18.8. The third kappa shape index (κ3) is 3.63. The average molecular weight is 388 g/mol. The van der Waals surface area contributed by atoms with Gasteiger partial charge in [0.25, 0.3) is 0 Å². The van der Waals surface area contributed by atoms with Crippen molar-refractivity contribution >= 4 is 11.0 Å². The van der Waals surface area contributed by atoms with Crippen LogP contribution in [0.3, 0.4) is 0 Å². The van der Waals surface area contributed by atoms with Crippen molar-refractivity contribution in [2.24, 2.45) is 0 Å². The number of fused-ring (bicyclic) bond motifs is 1. The fourth-order valence-corrected chi connectivity index (χ4v) is 3.62. The van der Waals surface area contributed by atoms with Gasteiger partial charge in [-0.1, -0.05) is 42.5 Å². The van der Waals surface area contributed by atoms with E-state index in [1.54, 1.807) is 21.3 Å². The number of ether oxygens (including phenoxy) is 3. The topological polar surface area (TPSA) is 45.5 Å². The lowest BCUT2D eigenvalue weighted by Crippen LogP contribution is -2.04. The molecule has 29 heavy (non-hydrogen) atoms. The first kappa shape index (κ1) is 18.9. The second-order valence-electron chi connectivity index (χ2n) is 6.73. The lowest BCUT2D eigenvalue weighted by molar-refractivity contribution is 0.324. The Balaban J connectivity index is 1.83. The average Bonchev–Trinajstić information content (AvgIpc) is 3.15. The molecule has 0 fully saturated rings. The first-order chi connectivity index (χ1) is 14.2. The number of para-hydroxylation sites is 2. The van der Waals surface area contributed by atoms with Crippen LogP contribution in [0.2, 0.25) is 0 Å². The van der Waals surface area contributed by atoms with Crippen LogP contribution in [-0.2, 0) is 13.0 Å². The van der Waals surface area contributed by atoms with Crippen LogP contribution in [-0.4, -0.2) is 30.9 Å². The van der Waals surface area contributed by atoms with E-state index in [4.69, 9.17) is 19.2 Å². The molecule has 0 aliphatic carbocycles. The highest BCUT2D eigenvalue weighted by Crippen LogP contribution is 2.41. The summed E-state index contributed by atoms with van der Waals surface area (Å²) in [6.07, 6.45) is 0.915. The molecule has 0 spiro atoms. The Morgan fingerprint density at radius 1 is 0.793 bits per heavy atom. The fourth-order valence-electron chi connectivity index (χ4n) is 3.62. The number of imidazole rings is 1. The van der Waals surface area contributed by atoms with Gasteiger partial charge < -0.3 is 18.8 Å². The van der Waals surface area contributed by atoms with Gasteiger partial charge >= 0.3 is 0 Å². The zero-order valence-corrected chi connectivity index (χ0v) is 16.9. The Morgan fingerprint density at radius 2 is 1.45 bits per heavy atom. The van der Waals surface area contributed by atoms with Gasteiger partial charge in [0.2, 0.25) is 5.75 Å². The Bertz CT molecular complexity index is 1090. The normalized spacial score (nSPS) is 10.9. The van der Waals surface area contributed by atoms with Crippen LogP contribution in [0.15, 0.2) is 66.7 Å². The summed E-state index contributed by atoms with van der Waals surface area (Å²) in [6.45, 7) is 0.816. The van der Waals surface area contributed by atoms with E-state index in [0.717, 1.165) is 35.4 Å². The summed E-state index contributed by atoms with van der Waals surface area (Å²) >= 11 is 0. The Morgan fingerprint density at radius 3 is 2.10 bits per heavy atom. The van der Waals surface area contributed by atoms with E-state index in [0.29, 0.717) is 17.2 Å². The predicted octanol–water partition coefficient (Wildman–Crippen LogP) is 4.97. The van der Waals surface area contributed by atoms with E-state index in [-0.39, 0.29) is 0 Å². The standard InChI is InChI=1S/C24H24N2O3/c1-27-21-15-18(16-22(28-2)23(21)29-3)24-25-19-11-7-8-12-20(19)26(24)14-13-17-9-5-4-6-10-17/h4-12,15-16H,13-14H2,1-3H3. The number of aryl methyl sites for hydroxylation is 2. The van der Waals surface area contributed by atoms with Crippen molar-refractivity contribution in [2.75, 3.05) is 21.3 Å². The SMILES string of the molecule is COc1cc(-c2nc3ccccc3n2CCc2ccccc2)cc(OC)c1OC. The van der Waals surface area contributed by atoms with Crippen LogP contribution >= 0.6 is 0 Å². The molecule has 0 bridgehead atoms. The van der Waals surface area contributed by atoms with Crippen molar-refractivity contribution in [1.29, 1.82) is 0 Å². The molecule has 4 aromatic rings. The molecule has 5 nitrogen and oxygen atoms in total. The number of hydrogen-bond acceptors (Lipinski definition) is 4. The van der Waals surface area contributed by atoms with E-state index < -0.39 is 0 Å². The van der Waals surface area contributed by atoms with E-state index in [9.17, 15) is 0 Å². The molecule has 1 heterocycles. The smallest absolute Gasteiger partial charge is 0.203 e. The molecule has 0 amide bonds. The Kier molecular flexibility index (Phi) is 5.38. The molecule has 3 aromatic carbocycles. The molecule has 0 N–H and O–H groups in total. The van der Waals surface area contributed by atoms with Gasteiger partial charge in [0.05, 0.1) is 32.4 Å². The number of benzene rings is 3. The minimum absolute atomic E-state index is 0.575. The van der Waals surface area contributed by atoms with E-state index in [1.807, 2.05) is 36.4 Å². The summed E-state index contributed by atoms with van der Waals surface area (Å²) in [4.78, 5) is 4.91. The maximum absolute atomic E-state index is 5.54. The number of hydrogen-bond donors (Lipinski definition) is 0. The van der Waals surface area contributed by atoms with E-state index in [1.165, 1.54) is 5.56 Å². The summed E-state index contributed by atoms with van der Waals surface area (Å²) in [7, 11) is 4.86. The van der Waals surface area contributed by atoms with Gasteiger partial charge in [0, 0.05) is 12.1 Å². The van der Waals surface area contributed by atoms with Crippen LogP contribution in [0, 0.1) is 0 Å². The lowest BCUT2D eigenvalue weighted by atomic mass is 10.1. The summed E-state index contributed by atoms with van der Waals surface area (Å²) in [6, 6.07) is 22.6. The predicted molar refractivity (Wildman–Crippen MR) is 115 cm³/mol. The van der Waals surface area contributed by atoms with Crippen LogP contribution in [0.5, 0.6) is 17.2 Å². The molecule has 0 unspecified atom stereocenters. The number of nitrogens with zero attached hydrogens (tertiary/aromatic N) is 2. The van der Waals surface area contributed by atoms with Crippen molar-refractivity contribution < 1.29 is 14.2 Å². The highest BCUT2D eigenvalue weighted by Gasteiger charge is 2.18. The van der Waals surface area contributed by atoms with Crippen molar-refractivity contribution in [2.45, 2.75) is 13.0 Å². The van der Waals surface area contributed by atoms with Gasteiger partial charge in [-0.3, -0.25) is 0 Å². The molecule has 0 aliphatic rings. The molecule has 0 saturated heterocycles. The summed E-state index contributed by atoms with van der Waals surface area (Å²) in [5.41, 5.74) is 4.28. The first-order valence-electron chi connectivity index (χ1n) is 9.54. The van der Waals surface area contributed by atoms with Crippen molar-refractivity contribution in [3.63, 3.8) is 0 Å². The molecule has 0 atom stereocenters. The molecule has 1 aromatic heterocycles. The van der Waals surface area contributed by atoms with Crippen molar-refractivity contribution in [1.82, 2.24) is 9.55 Å². The summed E-state index contributed by atoms with van der Waals surface area (Å²) in [5, 5.41) is 0. The maximum atomic E-state index is 5.54. The first-order valence-corrected chi connectivity index (χ1v) is 9.54. The van der Waals surface area contributed by atoms with Crippen molar-refractivity contribution in [3.05, 3.63) is 72.3 Å². The monoisotopic (exact) mass is 388 g/mol. The van der Waals surface area contributed by atoms with Crippen molar-refractivity contribution in [3.8, 4) is 28.6 Å². The van der Waals surface area contributed by atoms with E-state index in [2.05, 4.69) is 34.9 Å². The maximum Gasteiger partial charge on any atom is 0.203 e. The minimum atomic E-state index is 0.575. The zero-order chi connectivity index (χ0) is 20.2. The Labute approximate surface area is 170 Å². The Hall–Kier alpha value is -3.47. The number of aromatic nitrogens is 2. The van der Waals surface area contributed by atoms with Gasteiger partial charge in [0.1, 0.15) is 5.82 Å². The minimum Gasteiger partial charge on any atom is -0.493 e. The number of rotatable bonds is 7. The van der Waals surface area contributed by atoms with Crippen LogP contribution in [0.25, 0.3) is 22.4 Å².